The number of anilines is 1. The summed E-state index contributed by atoms with van der Waals surface area (Å²) in [6.07, 6.45) is -4.41. The number of allylic oxidation sites excluding steroid dienone is 1. The zero-order valence-corrected chi connectivity index (χ0v) is 27.8. The number of carbonyl (C=O) groups excluding carboxylic acids is 2. The molecule has 1 spiro atoms. The van der Waals surface area contributed by atoms with Crippen LogP contribution in [-0.4, -0.2) is 41.3 Å². The maximum atomic E-state index is 13.7. The van der Waals surface area contributed by atoms with Crippen LogP contribution in [0.25, 0.3) is 6.08 Å². The van der Waals surface area contributed by atoms with Gasteiger partial charge in [0.2, 0.25) is 5.91 Å². The number of amides is 2. The molecule has 0 bridgehead atoms. The lowest BCUT2D eigenvalue weighted by molar-refractivity contribution is -0.143. The van der Waals surface area contributed by atoms with Gasteiger partial charge in [-0.15, -0.1) is 11.3 Å². The van der Waals surface area contributed by atoms with Gasteiger partial charge >= 0.3 is 12.4 Å². The summed E-state index contributed by atoms with van der Waals surface area (Å²) in [6, 6.07) is 18.1. The number of aromatic nitrogens is 1. The summed E-state index contributed by atoms with van der Waals surface area (Å²) in [4.78, 5) is 33.2. The highest BCUT2D eigenvalue weighted by Gasteiger charge is 2.43. The van der Waals surface area contributed by atoms with Gasteiger partial charge in [0.25, 0.3) is 5.91 Å². The van der Waals surface area contributed by atoms with E-state index in [9.17, 15) is 35.9 Å². The number of alkyl halides is 6. The monoisotopic (exact) mass is 712 g/mol. The third-order valence-corrected chi connectivity index (χ3v) is 10.4. The van der Waals surface area contributed by atoms with E-state index in [4.69, 9.17) is 0 Å². The largest absolute Gasteiger partial charge is 0.416 e. The molecule has 1 aliphatic heterocycles. The Kier molecular flexibility index (Phi) is 9.91. The molecule has 2 aliphatic rings. The van der Waals surface area contributed by atoms with Crippen LogP contribution in [0, 0.1) is 5.92 Å². The summed E-state index contributed by atoms with van der Waals surface area (Å²) in [5.74, 6) is -1.61. The van der Waals surface area contributed by atoms with E-state index in [1.807, 2.05) is 12.1 Å². The molecule has 2 amide bonds. The number of hydrogen-bond acceptors (Lipinski definition) is 5. The molecule has 262 valence electrons. The van der Waals surface area contributed by atoms with E-state index in [0.717, 1.165) is 30.8 Å². The minimum Gasteiger partial charge on any atom is -0.351 e. The van der Waals surface area contributed by atoms with Gasteiger partial charge in [0, 0.05) is 29.4 Å². The van der Waals surface area contributed by atoms with Crippen LogP contribution in [0.15, 0.2) is 84.3 Å². The molecular weight excluding hydrogens is 678 g/mol. The van der Waals surface area contributed by atoms with Crippen LogP contribution < -0.4 is 10.6 Å². The topological polar surface area (TPSA) is 74.3 Å². The van der Waals surface area contributed by atoms with Crippen LogP contribution in [0.3, 0.4) is 0 Å². The van der Waals surface area contributed by atoms with E-state index in [1.165, 1.54) is 11.1 Å². The van der Waals surface area contributed by atoms with Crippen molar-refractivity contribution in [1.29, 1.82) is 0 Å². The number of benzene rings is 3. The van der Waals surface area contributed by atoms with E-state index >= 15 is 0 Å². The third kappa shape index (κ3) is 7.63. The number of nitrogens with zero attached hydrogens (tertiary/aromatic N) is 2. The quantitative estimate of drug-likeness (QED) is 0.171. The Morgan fingerprint density at radius 2 is 1.66 bits per heavy atom. The van der Waals surface area contributed by atoms with E-state index in [1.54, 1.807) is 35.7 Å². The fraction of sp³-hybridized carbons (Fsp3) is 0.324. The molecule has 3 aromatic carbocycles. The molecule has 6 rings (SSSR count). The van der Waals surface area contributed by atoms with Gasteiger partial charge in [0.05, 0.1) is 22.7 Å². The van der Waals surface area contributed by atoms with Crippen LogP contribution in [-0.2, 0) is 29.1 Å². The Morgan fingerprint density at radius 1 is 0.980 bits per heavy atom. The van der Waals surface area contributed by atoms with Gasteiger partial charge in [0.15, 0.2) is 5.13 Å². The van der Waals surface area contributed by atoms with Gasteiger partial charge in [-0.1, -0.05) is 61.5 Å². The summed E-state index contributed by atoms with van der Waals surface area (Å²) in [6.45, 7) is 3.66. The first-order chi connectivity index (χ1) is 23.7. The smallest absolute Gasteiger partial charge is 0.351 e. The highest BCUT2D eigenvalue weighted by molar-refractivity contribution is 7.14. The lowest BCUT2D eigenvalue weighted by Crippen LogP contribution is -2.48. The first-order valence-electron chi connectivity index (χ1n) is 16.1. The van der Waals surface area contributed by atoms with Crippen LogP contribution >= 0.6 is 11.3 Å². The number of thiazole rings is 1. The Hall–Kier alpha value is -4.49. The second-order valence-electron chi connectivity index (χ2n) is 12.8. The molecule has 1 aromatic heterocycles. The SMILES string of the molecule is C[C@H]1CN(CCC(C(=O)NCc2cc(C(F)(F)F)cc(C(F)(F)F)c2)c2csc(NC(=O)c3ccccc3)n2)CC[C@]12C=Cc1ccccc12. The number of likely N-dealkylation sites (tertiary alicyclic amines) is 1. The molecule has 4 aromatic rings. The molecule has 0 radical (unpaired) electrons. The average Bonchev–Trinajstić information content (AvgIpc) is 3.70. The third-order valence-electron chi connectivity index (χ3n) is 9.58. The number of halogens is 6. The average molecular weight is 713 g/mol. The highest BCUT2D eigenvalue weighted by Crippen LogP contribution is 2.47. The maximum Gasteiger partial charge on any atom is 0.416 e. The molecule has 6 nitrogen and oxygen atoms in total. The summed E-state index contributed by atoms with van der Waals surface area (Å²) >= 11 is 1.12. The number of hydrogen-bond donors (Lipinski definition) is 2. The molecule has 0 saturated carbocycles. The molecule has 1 aliphatic carbocycles. The highest BCUT2D eigenvalue weighted by atomic mass is 32.1. The predicted octanol–water partition coefficient (Wildman–Crippen LogP) is 8.53. The van der Waals surface area contributed by atoms with Crippen LogP contribution in [0.2, 0.25) is 0 Å². The standard InChI is InChI=1S/C37H34F6N4O2S/c1-23-21-47(16-14-35(23)13-11-25-7-5-6-10-30(25)35)15-12-29(31-22-50-34(45-31)46-32(48)26-8-3-2-4-9-26)33(49)44-20-24-17-27(36(38,39)40)19-28(18-24)37(41,42)43/h2-11,13,17-19,22-23,29H,12,14-16,20-21H2,1H3,(H,44,49)(H,45,46,48)/t23-,29?,35+/m0/s1. The molecule has 1 saturated heterocycles. The molecule has 2 N–H and O–H groups in total. The summed E-state index contributed by atoms with van der Waals surface area (Å²) in [7, 11) is 0. The second kappa shape index (κ2) is 14.0. The predicted molar refractivity (Wildman–Crippen MR) is 180 cm³/mol. The fourth-order valence-corrected chi connectivity index (χ4v) is 7.66. The fourth-order valence-electron chi connectivity index (χ4n) is 6.90. The second-order valence-corrected chi connectivity index (χ2v) is 13.6. The first-order valence-corrected chi connectivity index (χ1v) is 17.0. The first kappa shape index (κ1) is 35.3. The van der Waals surface area contributed by atoms with Gasteiger partial charge in [-0.3, -0.25) is 14.9 Å². The summed E-state index contributed by atoms with van der Waals surface area (Å²) in [5.41, 5.74) is -0.0591. The minimum absolute atomic E-state index is 0.0539. The lowest BCUT2D eigenvalue weighted by Gasteiger charge is -2.44. The molecule has 1 fully saturated rings. The summed E-state index contributed by atoms with van der Waals surface area (Å²) < 4.78 is 80.8. The zero-order valence-electron chi connectivity index (χ0n) is 26.9. The van der Waals surface area contributed by atoms with Crippen LogP contribution in [0.4, 0.5) is 31.5 Å². The van der Waals surface area contributed by atoms with Crippen molar-refractivity contribution >= 4 is 34.4 Å². The van der Waals surface area contributed by atoms with Crippen molar-refractivity contribution in [3.8, 4) is 0 Å². The number of carbonyl (C=O) groups is 2. The number of nitrogens with one attached hydrogen (secondary N) is 2. The van der Waals surface area contributed by atoms with Crippen molar-refractivity contribution in [3.63, 3.8) is 0 Å². The Balaban J connectivity index is 1.19. The van der Waals surface area contributed by atoms with Crippen LogP contribution in [0.1, 0.15) is 69.6 Å². The lowest BCUT2D eigenvalue weighted by atomic mass is 9.68. The zero-order chi connectivity index (χ0) is 35.7. The van der Waals surface area contributed by atoms with Crippen molar-refractivity contribution in [1.82, 2.24) is 15.2 Å². The molecule has 13 heteroatoms. The van der Waals surface area contributed by atoms with Gasteiger partial charge in [-0.05, 0) is 78.9 Å². The van der Waals surface area contributed by atoms with Crippen molar-refractivity contribution in [3.05, 3.63) is 123 Å². The van der Waals surface area contributed by atoms with Crippen molar-refractivity contribution in [2.75, 3.05) is 25.0 Å². The van der Waals surface area contributed by atoms with Gasteiger partial charge in [0.1, 0.15) is 0 Å². The number of rotatable bonds is 9. The maximum absolute atomic E-state index is 13.7. The number of piperidine rings is 1. The van der Waals surface area contributed by atoms with Gasteiger partial charge < -0.3 is 10.2 Å². The molecule has 50 heavy (non-hydrogen) atoms. The Bertz CT molecular complexity index is 1860. The molecular formula is C37H34F6N4O2S. The van der Waals surface area contributed by atoms with Crippen molar-refractivity contribution < 1.29 is 35.9 Å². The number of fused-ring (bicyclic) bond motifs is 2. The minimum atomic E-state index is -5.01. The molecule has 1 unspecified atom stereocenters. The molecule has 3 atom stereocenters. The Labute approximate surface area is 289 Å². The van der Waals surface area contributed by atoms with Crippen LogP contribution in [0.5, 0.6) is 0 Å². The molecule has 2 heterocycles. The van der Waals surface area contributed by atoms with E-state index < -0.39 is 47.8 Å². The van der Waals surface area contributed by atoms with Gasteiger partial charge in [-0.2, -0.15) is 26.3 Å². The Morgan fingerprint density at radius 3 is 2.34 bits per heavy atom. The van der Waals surface area contributed by atoms with Crippen molar-refractivity contribution in [2.24, 2.45) is 5.92 Å². The van der Waals surface area contributed by atoms with Gasteiger partial charge in [-0.25, -0.2) is 4.98 Å². The van der Waals surface area contributed by atoms with Crippen molar-refractivity contribution in [2.45, 2.75) is 50.0 Å². The summed E-state index contributed by atoms with van der Waals surface area (Å²) in [5, 5.41) is 7.16. The van der Waals surface area contributed by atoms with E-state index in [2.05, 4.69) is 51.7 Å². The normalized spacial score (nSPS) is 19.7. The van der Waals surface area contributed by atoms with E-state index in [-0.39, 0.29) is 34.5 Å². The van der Waals surface area contributed by atoms with E-state index in [0.29, 0.717) is 29.9 Å².